The van der Waals surface area contributed by atoms with Crippen LogP contribution in [0.4, 0.5) is 4.39 Å². The quantitative estimate of drug-likeness (QED) is 0.305. The molecule has 0 aliphatic heterocycles. The first-order chi connectivity index (χ1) is 19.0. The molecular formula is C32H36FN3O3. The van der Waals surface area contributed by atoms with Gasteiger partial charge in [0.05, 0.1) is 12.0 Å². The number of benzene rings is 2. The first kappa shape index (κ1) is 25.8. The second kappa shape index (κ2) is 10.9. The minimum Gasteiger partial charge on any atom is -0.461 e. The molecule has 7 rings (SSSR count). The molecule has 4 aliphatic rings. The summed E-state index contributed by atoms with van der Waals surface area (Å²) in [5, 5.41) is 2.83. The maximum atomic E-state index is 14.6. The van der Waals surface area contributed by atoms with Gasteiger partial charge in [-0.15, -0.1) is 0 Å². The number of imidazole rings is 1. The van der Waals surface area contributed by atoms with Crippen molar-refractivity contribution in [3.8, 4) is 11.4 Å². The van der Waals surface area contributed by atoms with Gasteiger partial charge in [-0.2, -0.15) is 0 Å². The van der Waals surface area contributed by atoms with Crippen molar-refractivity contribution in [2.45, 2.75) is 64.4 Å². The molecule has 4 fully saturated rings. The summed E-state index contributed by atoms with van der Waals surface area (Å²) >= 11 is 0. The number of hydrogen-bond donors (Lipinski definition) is 2. The fourth-order valence-electron chi connectivity index (χ4n) is 7.72. The van der Waals surface area contributed by atoms with Crippen LogP contribution in [0.2, 0.25) is 0 Å². The average Bonchev–Trinajstić information content (AvgIpc) is 3.35. The maximum Gasteiger partial charge on any atom is 0.307 e. The normalized spacial score (nSPS) is 25.0. The third kappa shape index (κ3) is 5.77. The smallest absolute Gasteiger partial charge is 0.307 e. The number of halogens is 1. The number of H-pyrrole nitrogens is 1. The molecule has 0 radical (unpaired) electrons. The summed E-state index contributed by atoms with van der Waals surface area (Å²) in [5.41, 5.74) is 2.64. The standard InChI is InChI=1S/C32H36FN3O3/c33-26-9-5-4-8-25(26)30-35-27(10-12-32-17-22-14-23(18-32)16-24(15-22)19-32)29(36-30)31(38)34-13-11-28(37)39-20-21-6-2-1-3-7-21/h1-9,22-24H,10-20H2,(H,34,38)(H,35,36). The molecule has 3 aromatic rings. The Morgan fingerprint density at radius 2 is 1.64 bits per heavy atom. The van der Waals surface area contributed by atoms with E-state index in [2.05, 4.69) is 15.3 Å². The molecule has 39 heavy (non-hydrogen) atoms. The number of aryl methyl sites for hydroxylation is 1. The number of nitrogens with zero attached hydrogens (tertiary/aromatic N) is 1. The third-order valence-electron chi connectivity index (χ3n) is 9.05. The minimum absolute atomic E-state index is 0.0613. The van der Waals surface area contributed by atoms with E-state index in [4.69, 9.17) is 4.74 Å². The lowest BCUT2D eigenvalue weighted by Gasteiger charge is -2.57. The Balaban J connectivity index is 1.12. The van der Waals surface area contributed by atoms with E-state index in [0.29, 0.717) is 23.2 Å². The fraction of sp³-hybridized carbons (Fsp3) is 0.469. The zero-order chi connectivity index (χ0) is 26.8. The zero-order valence-corrected chi connectivity index (χ0v) is 22.3. The van der Waals surface area contributed by atoms with Gasteiger partial charge in [-0.1, -0.05) is 42.5 Å². The second-order valence-corrected chi connectivity index (χ2v) is 12.0. The summed E-state index contributed by atoms with van der Waals surface area (Å²) in [6, 6.07) is 15.9. The van der Waals surface area contributed by atoms with Gasteiger partial charge in [0, 0.05) is 12.2 Å². The summed E-state index contributed by atoms with van der Waals surface area (Å²) in [6.07, 6.45) is 9.83. The van der Waals surface area contributed by atoms with Crippen LogP contribution in [0.15, 0.2) is 54.6 Å². The van der Waals surface area contributed by atoms with E-state index in [1.165, 1.54) is 44.6 Å². The summed E-state index contributed by atoms with van der Waals surface area (Å²) < 4.78 is 19.9. The Hall–Kier alpha value is -3.48. The number of amides is 1. The van der Waals surface area contributed by atoms with Crippen molar-refractivity contribution >= 4 is 11.9 Å². The highest BCUT2D eigenvalue weighted by Gasteiger charge is 2.50. The van der Waals surface area contributed by atoms with Gasteiger partial charge in [-0.3, -0.25) is 9.59 Å². The fourth-order valence-corrected chi connectivity index (χ4v) is 7.72. The van der Waals surface area contributed by atoms with Crippen molar-refractivity contribution in [1.82, 2.24) is 15.3 Å². The predicted octanol–water partition coefficient (Wildman–Crippen LogP) is 6.23. The molecule has 2 aromatic carbocycles. The number of aromatic nitrogens is 2. The Bertz CT molecular complexity index is 1300. The van der Waals surface area contributed by atoms with Crippen LogP contribution < -0.4 is 5.32 Å². The summed E-state index contributed by atoms with van der Waals surface area (Å²) in [7, 11) is 0. The third-order valence-corrected chi connectivity index (χ3v) is 9.05. The zero-order valence-electron chi connectivity index (χ0n) is 22.3. The largest absolute Gasteiger partial charge is 0.461 e. The number of carbonyl (C=O) groups excluding carboxylic acids is 2. The number of nitrogens with one attached hydrogen (secondary N) is 2. The van der Waals surface area contributed by atoms with E-state index >= 15 is 0 Å². The van der Waals surface area contributed by atoms with Gasteiger partial charge in [0.2, 0.25) is 0 Å². The van der Waals surface area contributed by atoms with Gasteiger partial charge in [-0.05, 0) is 92.2 Å². The van der Waals surface area contributed by atoms with Gasteiger partial charge in [0.1, 0.15) is 23.9 Å². The van der Waals surface area contributed by atoms with Crippen LogP contribution in [0.5, 0.6) is 0 Å². The van der Waals surface area contributed by atoms with Crippen LogP contribution in [0, 0.1) is 29.0 Å². The molecule has 4 bridgehead atoms. The lowest BCUT2D eigenvalue weighted by Crippen LogP contribution is -2.46. The van der Waals surface area contributed by atoms with Gasteiger partial charge in [0.15, 0.2) is 0 Å². The molecule has 6 nitrogen and oxygen atoms in total. The van der Waals surface area contributed by atoms with Crippen LogP contribution in [0.25, 0.3) is 11.4 Å². The van der Waals surface area contributed by atoms with E-state index in [0.717, 1.165) is 35.4 Å². The number of esters is 1. The molecule has 0 atom stereocenters. The first-order valence-electron chi connectivity index (χ1n) is 14.3. The van der Waals surface area contributed by atoms with Gasteiger partial charge in [0.25, 0.3) is 5.91 Å². The lowest BCUT2D eigenvalue weighted by molar-refractivity contribution is -0.144. The molecule has 0 unspecified atom stereocenters. The Morgan fingerprint density at radius 3 is 2.33 bits per heavy atom. The highest BCUT2D eigenvalue weighted by atomic mass is 19.1. The molecule has 2 N–H and O–H groups in total. The molecule has 4 saturated carbocycles. The first-order valence-corrected chi connectivity index (χ1v) is 14.3. The van der Waals surface area contributed by atoms with Crippen molar-refractivity contribution in [1.29, 1.82) is 0 Å². The number of carbonyl (C=O) groups is 2. The van der Waals surface area contributed by atoms with Gasteiger partial charge >= 0.3 is 5.97 Å². The molecule has 7 heteroatoms. The SMILES string of the molecule is O=C(CCNC(=O)c1nc(-c2ccccc2F)[nH]c1CCC12CC3CC(CC(C3)C1)C2)OCc1ccccc1. The van der Waals surface area contributed by atoms with Crippen LogP contribution in [0.3, 0.4) is 0 Å². The molecule has 0 saturated heterocycles. The summed E-state index contributed by atoms with van der Waals surface area (Å²) in [5.74, 6) is 1.82. The average molecular weight is 530 g/mol. The Labute approximate surface area is 228 Å². The molecule has 1 heterocycles. The van der Waals surface area contributed by atoms with Crippen LogP contribution >= 0.6 is 0 Å². The monoisotopic (exact) mass is 529 g/mol. The Morgan fingerprint density at radius 1 is 0.974 bits per heavy atom. The van der Waals surface area contributed by atoms with E-state index in [1.807, 2.05) is 30.3 Å². The topological polar surface area (TPSA) is 84.1 Å². The lowest BCUT2D eigenvalue weighted by atomic mass is 9.48. The van der Waals surface area contributed by atoms with E-state index in [1.54, 1.807) is 18.2 Å². The van der Waals surface area contributed by atoms with E-state index in [-0.39, 0.29) is 43.0 Å². The summed E-state index contributed by atoms with van der Waals surface area (Å²) in [6.45, 7) is 0.343. The number of aromatic amines is 1. The molecular weight excluding hydrogens is 493 g/mol. The Kier molecular flexibility index (Phi) is 7.24. The number of hydrogen-bond acceptors (Lipinski definition) is 4. The molecule has 1 aromatic heterocycles. The predicted molar refractivity (Wildman–Crippen MR) is 146 cm³/mol. The van der Waals surface area contributed by atoms with Gasteiger partial charge in [-0.25, -0.2) is 9.37 Å². The molecule has 1 amide bonds. The van der Waals surface area contributed by atoms with Crippen molar-refractivity contribution in [2.75, 3.05) is 6.54 Å². The van der Waals surface area contributed by atoms with Crippen molar-refractivity contribution in [3.63, 3.8) is 0 Å². The molecule has 4 aliphatic carbocycles. The molecule has 204 valence electrons. The van der Waals surface area contributed by atoms with Crippen LogP contribution in [-0.2, 0) is 22.6 Å². The van der Waals surface area contributed by atoms with Crippen molar-refractivity contribution < 1.29 is 18.7 Å². The second-order valence-electron chi connectivity index (χ2n) is 12.0. The summed E-state index contributed by atoms with van der Waals surface area (Å²) in [4.78, 5) is 33.3. The highest BCUT2D eigenvalue weighted by molar-refractivity contribution is 5.94. The number of ether oxygens (including phenoxy) is 1. The van der Waals surface area contributed by atoms with Crippen LogP contribution in [-0.4, -0.2) is 28.4 Å². The minimum atomic E-state index is -0.382. The van der Waals surface area contributed by atoms with Crippen molar-refractivity contribution in [3.05, 3.63) is 77.4 Å². The van der Waals surface area contributed by atoms with E-state index in [9.17, 15) is 14.0 Å². The maximum absolute atomic E-state index is 14.6. The van der Waals surface area contributed by atoms with Crippen LogP contribution in [0.1, 0.15) is 73.1 Å². The highest BCUT2D eigenvalue weighted by Crippen LogP contribution is 2.61. The number of rotatable bonds is 10. The van der Waals surface area contributed by atoms with E-state index < -0.39 is 0 Å². The van der Waals surface area contributed by atoms with Gasteiger partial charge < -0.3 is 15.0 Å². The molecule has 0 spiro atoms. The van der Waals surface area contributed by atoms with Crippen molar-refractivity contribution in [2.24, 2.45) is 23.2 Å².